The van der Waals surface area contributed by atoms with Crippen molar-refractivity contribution in [3.05, 3.63) is 163 Å². The predicted molar refractivity (Wildman–Crippen MR) is 248 cm³/mol. The predicted octanol–water partition coefficient (Wildman–Crippen LogP) is 9.23. The minimum Gasteiger partial charge on any atom is -0.497 e. The summed E-state index contributed by atoms with van der Waals surface area (Å²) < 4.78 is 33.1. The molecule has 1 fully saturated rings. The Morgan fingerprint density at radius 3 is 1.63 bits per heavy atom. The van der Waals surface area contributed by atoms with Gasteiger partial charge in [0.25, 0.3) is 16.6 Å². The normalized spacial score (nSPS) is 16.7. The van der Waals surface area contributed by atoms with Gasteiger partial charge < -0.3 is 23.1 Å². The lowest BCUT2D eigenvalue weighted by atomic mass is 10.2. The first-order valence-electron chi connectivity index (χ1n) is 21.0. The molecule has 0 amide bonds. The zero-order chi connectivity index (χ0) is 41.8. The summed E-state index contributed by atoms with van der Waals surface area (Å²) in [5.74, 6) is 7.61. The summed E-state index contributed by atoms with van der Waals surface area (Å²) in [6, 6.07) is 51.1. The number of hydrogen-bond donors (Lipinski definition) is 0. The van der Waals surface area contributed by atoms with Gasteiger partial charge in [-0.15, -0.1) is 0 Å². The van der Waals surface area contributed by atoms with Crippen molar-refractivity contribution in [3.63, 3.8) is 0 Å². The van der Waals surface area contributed by atoms with Crippen LogP contribution in [0.2, 0.25) is 10.1 Å². The fourth-order valence-corrected chi connectivity index (χ4v) is 17.7. The van der Waals surface area contributed by atoms with E-state index in [9.17, 15) is 0 Å². The van der Waals surface area contributed by atoms with Crippen LogP contribution in [0.3, 0.4) is 0 Å². The molecule has 0 N–H and O–H groups in total. The Bertz CT molecular complexity index is 2020. The Morgan fingerprint density at radius 1 is 0.661 bits per heavy atom. The highest BCUT2D eigenvalue weighted by Crippen LogP contribution is 2.39. The molecule has 1 saturated heterocycles. The highest BCUT2D eigenvalue weighted by Gasteiger charge is 2.52. The fraction of sp³-hybridized carbons (Fsp3) is 0.346. The van der Waals surface area contributed by atoms with Gasteiger partial charge in [-0.2, -0.15) is 0 Å². The van der Waals surface area contributed by atoms with Crippen molar-refractivity contribution in [2.24, 2.45) is 0 Å². The highest BCUT2D eigenvalue weighted by molar-refractivity contribution is 7.00. The third kappa shape index (κ3) is 10.6. The van der Waals surface area contributed by atoms with Crippen LogP contribution in [-0.4, -0.2) is 55.3 Å². The summed E-state index contributed by atoms with van der Waals surface area (Å²) in [5, 5.41) is 4.78. The van der Waals surface area contributed by atoms with Gasteiger partial charge in [0.2, 0.25) is 0 Å². The maximum absolute atomic E-state index is 7.52. The van der Waals surface area contributed by atoms with E-state index >= 15 is 0 Å². The number of methoxy groups -OCH3 is 1. The topological polar surface area (TPSA) is 46.2 Å². The maximum atomic E-state index is 7.52. The molecule has 1 aliphatic heterocycles. The summed E-state index contributed by atoms with van der Waals surface area (Å²) >= 11 is 0. The fourth-order valence-electron chi connectivity index (χ4n) is 8.47. The number of ether oxygens (including phenoxy) is 3. The van der Waals surface area contributed by atoms with Crippen molar-refractivity contribution < 1.29 is 23.1 Å². The van der Waals surface area contributed by atoms with Gasteiger partial charge in [0.1, 0.15) is 5.75 Å². The Balaban J connectivity index is 1.17. The van der Waals surface area contributed by atoms with Crippen LogP contribution < -0.4 is 25.5 Å². The summed E-state index contributed by atoms with van der Waals surface area (Å²) in [7, 11) is -3.80. The van der Waals surface area contributed by atoms with Gasteiger partial charge in [-0.3, -0.25) is 0 Å². The minimum atomic E-state index is -2.84. The second kappa shape index (κ2) is 20.2. The second-order valence-electron chi connectivity index (χ2n) is 17.5. The zero-order valence-corrected chi connectivity index (χ0v) is 38.0. The standard InChI is InChI=1S/C52H62O5Si2/c1-51(2,3)58(47-25-15-9-16-26-47,48-27-17-10-18-28-48)55-41-45-38-37-44(56-45)23-13-8-14-24-46(40-54-39-42-33-35-43(53-7)36-34-42)57-59(52(4,5)6,49-29-19-11-20-30-49)50-31-21-12-22-32-50/h9-13,15-23,25-36,44-46H,24,37-41H2,1-7H3/b23-13-/t44-,45+,46-/m1/s1. The molecule has 0 spiro atoms. The quantitative estimate of drug-likeness (QED) is 0.0734. The molecule has 59 heavy (non-hydrogen) atoms. The molecular formula is C52H62O5Si2. The van der Waals surface area contributed by atoms with Crippen LogP contribution in [-0.2, 0) is 24.9 Å². The average Bonchev–Trinajstić information content (AvgIpc) is 3.71. The van der Waals surface area contributed by atoms with Crippen molar-refractivity contribution >= 4 is 37.4 Å². The van der Waals surface area contributed by atoms with E-state index in [1.54, 1.807) is 7.11 Å². The molecule has 5 aromatic rings. The van der Waals surface area contributed by atoms with Crippen molar-refractivity contribution in [3.8, 4) is 17.6 Å². The first-order chi connectivity index (χ1) is 28.5. The van der Waals surface area contributed by atoms with Crippen molar-refractivity contribution in [2.75, 3.05) is 20.3 Å². The molecule has 0 bridgehead atoms. The van der Waals surface area contributed by atoms with Crippen LogP contribution in [0.15, 0.2) is 158 Å². The molecular weight excluding hydrogens is 761 g/mol. The van der Waals surface area contributed by atoms with E-state index in [4.69, 9.17) is 23.1 Å². The van der Waals surface area contributed by atoms with Gasteiger partial charge in [0.05, 0.1) is 45.2 Å². The van der Waals surface area contributed by atoms with E-state index in [0.717, 1.165) is 24.2 Å². The van der Waals surface area contributed by atoms with Crippen molar-refractivity contribution in [2.45, 2.75) is 95.8 Å². The molecule has 308 valence electrons. The Morgan fingerprint density at radius 2 is 1.15 bits per heavy atom. The first kappa shape index (κ1) is 44.0. The molecule has 0 aromatic heterocycles. The van der Waals surface area contributed by atoms with Gasteiger partial charge in [-0.25, -0.2) is 0 Å². The molecule has 1 aliphatic rings. The first-order valence-corrected chi connectivity index (χ1v) is 24.8. The lowest BCUT2D eigenvalue weighted by Gasteiger charge is -2.45. The Kier molecular flexibility index (Phi) is 15.0. The third-order valence-electron chi connectivity index (χ3n) is 11.4. The highest BCUT2D eigenvalue weighted by atomic mass is 28.4. The van der Waals surface area contributed by atoms with E-state index in [1.165, 1.54) is 20.7 Å². The van der Waals surface area contributed by atoms with E-state index in [2.05, 4.69) is 181 Å². The molecule has 0 unspecified atom stereocenters. The lowest BCUT2D eigenvalue weighted by molar-refractivity contribution is 0.0356. The summed E-state index contributed by atoms with van der Waals surface area (Å²) in [4.78, 5) is 0. The van der Waals surface area contributed by atoms with Gasteiger partial charge in [-0.05, 0) is 73.5 Å². The Labute approximate surface area is 356 Å². The van der Waals surface area contributed by atoms with E-state index in [1.807, 2.05) is 30.3 Å². The van der Waals surface area contributed by atoms with Crippen LogP contribution in [0.4, 0.5) is 0 Å². The van der Waals surface area contributed by atoms with E-state index < -0.39 is 16.6 Å². The molecule has 5 aromatic carbocycles. The molecule has 6 rings (SSSR count). The van der Waals surface area contributed by atoms with Crippen molar-refractivity contribution in [1.29, 1.82) is 0 Å². The Hall–Kier alpha value is -4.53. The van der Waals surface area contributed by atoms with Crippen molar-refractivity contribution in [1.82, 2.24) is 0 Å². The van der Waals surface area contributed by atoms with Crippen LogP contribution >= 0.6 is 0 Å². The number of hydrogen-bond acceptors (Lipinski definition) is 5. The average molecular weight is 823 g/mol. The molecule has 1 heterocycles. The number of benzene rings is 5. The zero-order valence-electron chi connectivity index (χ0n) is 36.0. The molecule has 0 radical (unpaired) electrons. The third-order valence-corrected chi connectivity index (χ3v) is 21.5. The van der Waals surface area contributed by atoms with Gasteiger partial charge in [0, 0.05) is 6.42 Å². The number of rotatable bonds is 16. The summed E-state index contributed by atoms with van der Waals surface area (Å²) in [6.07, 6.45) is 6.22. The summed E-state index contributed by atoms with van der Waals surface area (Å²) in [5.41, 5.74) is 1.08. The molecule has 0 aliphatic carbocycles. The van der Waals surface area contributed by atoms with Gasteiger partial charge in [0.15, 0.2) is 0 Å². The van der Waals surface area contributed by atoms with Crippen LogP contribution in [0.25, 0.3) is 0 Å². The molecule has 5 nitrogen and oxygen atoms in total. The van der Waals surface area contributed by atoms with E-state index in [0.29, 0.717) is 26.2 Å². The van der Waals surface area contributed by atoms with Crippen LogP contribution in [0, 0.1) is 11.8 Å². The van der Waals surface area contributed by atoms with Crippen LogP contribution in [0.5, 0.6) is 5.75 Å². The lowest BCUT2D eigenvalue weighted by Crippen LogP contribution is -2.68. The molecule has 7 heteroatoms. The smallest absolute Gasteiger partial charge is 0.261 e. The summed E-state index contributed by atoms with van der Waals surface area (Å²) in [6.45, 7) is 15.3. The minimum absolute atomic E-state index is 0.00552. The number of allylic oxidation sites excluding steroid dienone is 1. The maximum Gasteiger partial charge on any atom is 0.261 e. The molecule has 3 atom stereocenters. The van der Waals surface area contributed by atoms with E-state index in [-0.39, 0.29) is 28.4 Å². The largest absolute Gasteiger partial charge is 0.497 e. The van der Waals surface area contributed by atoms with Crippen LogP contribution in [0.1, 0.15) is 66.4 Å². The van der Waals surface area contributed by atoms with Gasteiger partial charge >= 0.3 is 0 Å². The SMILES string of the molecule is COc1ccc(COC[C@@H](CC#C/C=C\[C@@H]2CC[C@@H](CO[Si](c3ccccc3)(c3ccccc3)C(C)(C)C)O2)O[Si](c2ccccc2)(c2ccccc2)C(C)(C)C)cc1. The van der Waals surface area contributed by atoms with Gasteiger partial charge in [-0.1, -0.05) is 187 Å². The molecule has 0 saturated carbocycles. The monoisotopic (exact) mass is 822 g/mol. The second-order valence-corrected chi connectivity index (χ2v) is 26.1.